The maximum absolute atomic E-state index is 13.2. The van der Waals surface area contributed by atoms with Crippen molar-refractivity contribution in [2.75, 3.05) is 25.9 Å². The van der Waals surface area contributed by atoms with Crippen LogP contribution in [0.25, 0.3) is 0 Å². The summed E-state index contributed by atoms with van der Waals surface area (Å²) in [6.07, 6.45) is 6.13. The molecule has 2 bridgehead atoms. The van der Waals surface area contributed by atoms with Crippen molar-refractivity contribution in [2.45, 2.75) is 75.9 Å². The summed E-state index contributed by atoms with van der Waals surface area (Å²) in [6, 6.07) is 1.75. The number of hydrogen-bond acceptors (Lipinski definition) is 6. The molecule has 1 aliphatic carbocycles. The lowest BCUT2D eigenvalue weighted by atomic mass is 9.99. The molecule has 9 heteroatoms. The molecule has 4 aliphatic rings. The van der Waals surface area contributed by atoms with E-state index in [0.717, 1.165) is 51.0 Å². The maximum Gasteiger partial charge on any atom is 0.273 e. The zero-order chi connectivity index (χ0) is 21.8. The van der Waals surface area contributed by atoms with Gasteiger partial charge in [0, 0.05) is 30.1 Å². The molecule has 8 nitrogen and oxygen atoms in total. The normalized spacial score (nSPS) is 34.7. The highest BCUT2D eigenvalue weighted by Gasteiger charge is 2.47. The second kappa shape index (κ2) is 8.15. The van der Waals surface area contributed by atoms with E-state index in [-0.39, 0.29) is 35.7 Å². The number of likely N-dealkylation sites (tertiary alicyclic amines) is 1. The Labute approximate surface area is 184 Å². The standard InChI is InChI=1S/C22H34N4O4S/c1-14-9-19(14)21-12-20(24-30-21)22(27)23-16-10-17-3-4-18(11-16)26(17)31(28,29)13-15-5-7-25(2)8-6-15/h12,14-19H,3-11,13H2,1-2H3,(H,23,27)/t14-,16?,17-,18+,19?/m0/s1. The minimum atomic E-state index is -3.27. The van der Waals surface area contributed by atoms with Crippen molar-refractivity contribution in [2.24, 2.45) is 11.8 Å². The number of amides is 1. The number of aromatic nitrogens is 1. The fourth-order valence-corrected chi connectivity index (χ4v) is 8.26. The minimum absolute atomic E-state index is 0.000461. The molecular weight excluding hydrogens is 416 g/mol. The Morgan fingerprint density at radius 1 is 1.16 bits per heavy atom. The number of carbonyl (C=O) groups is 1. The van der Waals surface area contributed by atoms with Gasteiger partial charge in [0.2, 0.25) is 10.0 Å². The molecule has 31 heavy (non-hydrogen) atoms. The van der Waals surface area contributed by atoms with Crippen LogP contribution in [0.3, 0.4) is 0 Å². The van der Waals surface area contributed by atoms with Crippen LogP contribution in [0.4, 0.5) is 0 Å². The zero-order valence-electron chi connectivity index (χ0n) is 18.5. The number of carbonyl (C=O) groups excluding carboxylic acids is 1. The molecule has 0 aromatic carbocycles. The number of piperidine rings is 2. The average Bonchev–Trinajstić information content (AvgIpc) is 3.13. The molecule has 0 spiro atoms. The molecule has 1 amide bonds. The first-order chi connectivity index (χ1) is 14.8. The second-order valence-corrected chi connectivity index (χ2v) is 12.2. The van der Waals surface area contributed by atoms with Gasteiger partial charge in [0.15, 0.2) is 5.69 Å². The zero-order valence-corrected chi connectivity index (χ0v) is 19.3. The van der Waals surface area contributed by atoms with E-state index in [0.29, 0.717) is 30.4 Å². The van der Waals surface area contributed by atoms with Crippen molar-refractivity contribution in [3.05, 3.63) is 17.5 Å². The number of hydrogen-bond donors (Lipinski definition) is 1. The molecule has 1 aromatic heterocycles. The van der Waals surface area contributed by atoms with Crippen LogP contribution >= 0.6 is 0 Å². The third-order valence-electron chi connectivity index (χ3n) is 7.84. The van der Waals surface area contributed by atoms with E-state index in [4.69, 9.17) is 4.52 Å². The molecule has 4 fully saturated rings. The van der Waals surface area contributed by atoms with Crippen LogP contribution in [-0.2, 0) is 10.0 Å². The molecule has 172 valence electrons. The Hall–Kier alpha value is -1.45. The molecule has 3 saturated heterocycles. The number of nitrogens with zero attached hydrogens (tertiary/aromatic N) is 3. The Balaban J connectivity index is 1.18. The molecule has 5 rings (SSSR count). The summed E-state index contributed by atoms with van der Waals surface area (Å²) in [5, 5.41) is 7.05. The van der Waals surface area contributed by atoms with Gasteiger partial charge < -0.3 is 14.7 Å². The fraction of sp³-hybridized carbons (Fsp3) is 0.818. The van der Waals surface area contributed by atoms with E-state index in [2.05, 4.69) is 29.3 Å². The number of nitrogens with one attached hydrogen (secondary N) is 1. The van der Waals surface area contributed by atoms with Crippen molar-refractivity contribution in [1.29, 1.82) is 0 Å². The maximum atomic E-state index is 13.2. The number of fused-ring (bicyclic) bond motifs is 2. The lowest BCUT2D eigenvalue weighted by molar-refractivity contribution is 0.0900. The van der Waals surface area contributed by atoms with Gasteiger partial charge in [0.1, 0.15) is 5.76 Å². The lowest BCUT2D eigenvalue weighted by Crippen LogP contribution is -2.53. The van der Waals surface area contributed by atoms with Crippen molar-refractivity contribution in [3.8, 4) is 0 Å². The smallest absolute Gasteiger partial charge is 0.273 e. The Morgan fingerprint density at radius 3 is 2.42 bits per heavy atom. The van der Waals surface area contributed by atoms with Gasteiger partial charge in [-0.2, -0.15) is 4.31 Å². The molecule has 1 aromatic rings. The first kappa shape index (κ1) is 21.4. The predicted molar refractivity (Wildman–Crippen MR) is 116 cm³/mol. The summed E-state index contributed by atoms with van der Waals surface area (Å²) in [4.78, 5) is 15.0. The first-order valence-electron chi connectivity index (χ1n) is 11.8. The SMILES string of the molecule is C[C@H]1CC1c1cc(C(=O)NC2C[C@H]3CC[C@@H](C2)N3S(=O)(=O)CC2CCN(C)CC2)no1. The van der Waals surface area contributed by atoms with Gasteiger partial charge in [0.25, 0.3) is 5.91 Å². The van der Waals surface area contributed by atoms with E-state index in [9.17, 15) is 13.2 Å². The van der Waals surface area contributed by atoms with E-state index in [1.165, 1.54) is 0 Å². The largest absolute Gasteiger partial charge is 0.360 e. The summed E-state index contributed by atoms with van der Waals surface area (Å²) < 4.78 is 33.7. The molecule has 0 radical (unpaired) electrons. The lowest BCUT2D eigenvalue weighted by Gasteiger charge is -2.39. The van der Waals surface area contributed by atoms with E-state index in [1.807, 2.05) is 0 Å². The topological polar surface area (TPSA) is 95.8 Å². The Bertz CT molecular complexity index is 910. The van der Waals surface area contributed by atoms with Gasteiger partial charge in [-0.05, 0) is 76.9 Å². The molecule has 5 atom stereocenters. The third-order valence-corrected chi connectivity index (χ3v) is 9.97. The van der Waals surface area contributed by atoms with E-state index < -0.39 is 10.0 Å². The van der Waals surface area contributed by atoms with Gasteiger partial charge in [-0.15, -0.1) is 0 Å². The summed E-state index contributed by atoms with van der Waals surface area (Å²) in [5.41, 5.74) is 0.332. The minimum Gasteiger partial charge on any atom is -0.360 e. The van der Waals surface area contributed by atoms with Crippen LogP contribution in [0, 0.1) is 11.8 Å². The van der Waals surface area contributed by atoms with Gasteiger partial charge in [0.05, 0.1) is 5.75 Å². The van der Waals surface area contributed by atoms with Gasteiger partial charge >= 0.3 is 0 Å². The van der Waals surface area contributed by atoms with Crippen molar-refractivity contribution in [3.63, 3.8) is 0 Å². The highest BCUT2D eigenvalue weighted by Crippen LogP contribution is 2.47. The number of rotatable bonds is 6. The van der Waals surface area contributed by atoms with Crippen LogP contribution in [-0.4, -0.2) is 72.7 Å². The fourth-order valence-electron chi connectivity index (χ4n) is 5.87. The van der Waals surface area contributed by atoms with Crippen LogP contribution in [0.15, 0.2) is 10.6 Å². The van der Waals surface area contributed by atoms with Crippen LogP contribution in [0.2, 0.25) is 0 Å². The summed E-state index contributed by atoms with van der Waals surface area (Å²) >= 11 is 0. The van der Waals surface area contributed by atoms with Crippen molar-refractivity contribution >= 4 is 15.9 Å². The van der Waals surface area contributed by atoms with Crippen LogP contribution in [0.5, 0.6) is 0 Å². The van der Waals surface area contributed by atoms with Gasteiger partial charge in [-0.1, -0.05) is 12.1 Å². The molecule has 2 unspecified atom stereocenters. The van der Waals surface area contributed by atoms with Crippen LogP contribution in [0.1, 0.15) is 74.0 Å². The first-order valence-corrected chi connectivity index (χ1v) is 13.4. The average molecular weight is 451 g/mol. The molecular formula is C22H34N4O4S. The molecule has 4 heterocycles. The van der Waals surface area contributed by atoms with E-state index >= 15 is 0 Å². The second-order valence-electron chi connectivity index (χ2n) is 10.3. The van der Waals surface area contributed by atoms with Gasteiger partial charge in [-0.3, -0.25) is 4.79 Å². The summed E-state index contributed by atoms with van der Waals surface area (Å²) in [6.45, 7) is 4.12. The van der Waals surface area contributed by atoms with Crippen LogP contribution < -0.4 is 5.32 Å². The number of sulfonamides is 1. The summed E-state index contributed by atoms with van der Waals surface area (Å²) in [7, 11) is -1.18. The molecule has 1 saturated carbocycles. The molecule has 3 aliphatic heterocycles. The monoisotopic (exact) mass is 450 g/mol. The Kier molecular flexibility index (Phi) is 5.63. The highest BCUT2D eigenvalue weighted by molar-refractivity contribution is 7.89. The molecule has 1 N–H and O–H groups in total. The third kappa shape index (κ3) is 4.41. The highest BCUT2D eigenvalue weighted by atomic mass is 32.2. The quantitative estimate of drug-likeness (QED) is 0.714. The van der Waals surface area contributed by atoms with E-state index in [1.54, 1.807) is 10.4 Å². The van der Waals surface area contributed by atoms with Crippen molar-refractivity contribution in [1.82, 2.24) is 19.7 Å². The predicted octanol–water partition coefficient (Wildman–Crippen LogP) is 2.19. The van der Waals surface area contributed by atoms with Gasteiger partial charge in [-0.25, -0.2) is 8.42 Å². The summed E-state index contributed by atoms with van der Waals surface area (Å²) in [5.74, 6) is 2.10. The Morgan fingerprint density at radius 2 is 1.81 bits per heavy atom. The van der Waals surface area contributed by atoms with Crippen molar-refractivity contribution < 1.29 is 17.7 Å².